The summed E-state index contributed by atoms with van der Waals surface area (Å²) in [4.78, 5) is 0. The molecule has 2 aromatic carbocycles. The van der Waals surface area contributed by atoms with Crippen LogP contribution in [-0.2, 0) is 17.9 Å². The number of nitrogens with zero attached hydrogens (tertiary/aromatic N) is 1. The van der Waals surface area contributed by atoms with Gasteiger partial charge in [0.25, 0.3) is 0 Å². The Bertz CT molecular complexity index is 504. The van der Waals surface area contributed by atoms with Gasteiger partial charge < -0.3 is 5.32 Å². The van der Waals surface area contributed by atoms with Gasteiger partial charge in [0.2, 0.25) is 0 Å². The molecule has 1 saturated heterocycles. The van der Waals surface area contributed by atoms with Crippen molar-refractivity contribution in [2.24, 2.45) is 0 Å². The van der Waals surface area contributed by atoms with Crippen molar-refractivity contribution >= 4 is 24.1 Å². The summed E-state index contributed by atoms with van der Waals surface area (Å²) in [7, 11) is 7.27. The molecule has 0 aliphatic carbocycles. The van der Waals surface area contributed by atoms with Gasteiger partial charge >= 0.3 is 27.5 Å². The van der Waals surface area contributed by atoms with Crippen molar-refractivity contribution < 1.29 is 22.3 Å². The first-order valence-corrected chi connectivity index (χ1v) is 10.6. The second kappa shape index (κ2) is 12.2. The van der Waals surface area contributed by atoms with Crippen LogP contribution in [0.25, 0.3) is 5.32 Å². The third-order valence-electron chi connectivity index (χ3n) is 3.19. The normalized spacial score (nSPS) is 16.6. The van der Waals surface area contributed by atoms with Crippen LogP contribution in [0.3, 0.4) is 0 Å². The third kappa shape index (κ3) is 7.81. The Labute approximate surface area is 149 Å². The molecule has 22 heavy (non-hydrogen) atoms. The van der Waals surface area contributed by atoms with Crippen molar-refractivity contribution in [3.8, 4) is 0 Å². The Balaban J connectivity index is 0.000000228. The van der Waals surface area contributed by atoms with Crippen molar-refractivity contribution in [3.63, 3.8) is 0 Å². The number of halogens is 2. The SMILES string of the molecule is Fc1c[c-]c(C2CCCC[N-]2)cc1.Pc1ccccc1.[Cl][Ir+2]. The zero-order chi connectivity index (χ0) is 16.2. The first-order valence-electron chi connectivity index (χ1n) is 7.02. The van der Waals surface area contributed by atoms with Crippen molar-refractivity contribution in [3.05, 3.63) is 71.3 Å². The Morgan fingerprint density at radius 3 is 2.32 bits per heavy atom. The average Bonchev–Trinajstić information content (AvgIpc) is 2.59. The summed E-state index contributed by atoms with van der Waals surface area (Å²) in [6.45, 7) is 0.940. The summed E-state index contributed by atoms with van der Waals surface area (Å²) >= 11 is 1.47. The molecule has 1 aliphatic heterocycles. The molecule has 1 heterocycles. The van der Waals surface area contributed by atoms with Crippen LogP contribution in [0.1, 0.15) is 30.9 Å². The second-order valence-corrected chi connectivity index (χ2v) is 5.46. The van der Waals surface area contributed by atoms with Gasteiger partial charge in [-0.1, -0.05) is 49.6 Å². The average molecular weight is 515 g/mol. The van der Waals surface area contributed by atoms with E-state index in [4.69, 9.17) is 0 Å². The Kier molecular flexibility index (Phi) is 10.9. The summed E-state index contributed by atoms with van der Waals surface area (Å²) in [5.41, 5.74) is 1.03. The molecule has 5 heteroatoms. The molecule has 1 nitrogen and oxygen atoms in total. The van der Waals surface area contributed by atoms with Gasteiger partial charge in [-0.15, -0.1) is 34.0 Å². The van der Waals surface area contributed by atoms with Gasteiger partial charge in [-0.2, -0.15) is 17.7 Å². The maximum absolute atomic E-state index is 12.6. The number of hydrogen-bond acceptors (Lipinski definition) is 0. The van der Waals surface area contributed by atoms with E-state index in [2.05, 4.69) is 30.2 Å². The molecule has 2 atom stereocenters. The van der Waals surface area contributed by atoms with E-state index in [-0.39, 0.29) is 11.9 Å². The molecule has 0 N–H and O–H groups in total. The van der Waals surface area contributed by atoms with Gasteiger partial charge in [0.05, 0.1) is 0 Å². The second-order valence-electron chi connectivity index (χ2n) is 4.79. The molecular weight excluding hydrogens is 496 g/mol. The van der Waals surface area contributed by atoms with Gasteiger partial charge in [0, 0.05) is 5.82 Å². The minimum atomic E-state index is -0.223. The molecule has 0 amide bonds. The summed E-state index contributed by atoms with van der Waals surface area (Å²) in [6.07, 6.45) is 3.50. The van der Waals surface area contributed by atoms with Crippen LogP contribution in [0.2, 0.25) is 0 Å². The van der Waals surface area contributed by atoms with Gasteiger partial charge in [0.15, 0.2) is 0 Å². The van der Waals surface area contributed by atoms with Gasteiger partial charge in [-0.05, 0) is 5.30 Å². The van der Waals surface area contributed by atoms with Crippen molar-refractivity contribution in [1.29, 1.82) is 0 Å². The molecule has 2 unspecified atom stereocenters. The predicted molar refractivity (Wildman–Crippen MR) is 91.7 cm³/mol. The number of piperidine rings is 1. The maximum atomic E-state index is 12.6. The summed E-state index contributed by atoms with van der Waals surface area (Å²) in [6, 6.07) is 18.0. The van der Waals surface area contributed by atoms with Crippen LogP contribution in [0.4, 0.5) is 4.39 Å². The third-order valence-corrected chi connectivity index (χ3v) is 3.58. The van der Waals surface area contributed by atoms with Gasteiger partial charge in [-0.25, -0.2) is 0 Å². The zero-order valence-electron chi connectivity index (χ0n) is 12.1. The first-order chi connectivity index (χ1) is 10.8. The molecule has 3 rings (SSSR count). The van der Waals surface area contributed by atoms with E-state index in [1.807, 2.05) is 30.3 Å². The van der Waals surface area contributed by atoms with E-state index in [0.717, 1.165) is 18.5 Å². The summed E-state index contributed by atoms with van der Waals surface area (Å²) < 4.78 is 12.6. The predicted octanol–water partition coefficient (Wildman–Crippen LogP) is 5.10. The number of hydrogen-bond donors (Lipinski definition) is 0. The zero-order valence-corrected chi connectivity index (χ0v) is 16.4. The molecule has 2 aromatic rings. The molecule has 120 valence electrons. The molecule has 0 aromatic heterocycles. The van der Waals surface area contributed by atoms with E-state index in [1.54, 1.807) is 6.07 Å². The molecule has 1 fully saturated rings. The summed E-state index contributed by atoms with van der Waals surface area (Å²) in [5.74, 6) is -0.223. The standard InChI is InChI=1S/C11H12FN.C6H7P.ClH.Ir/c12-10-6-4-9(5-7-10)11-3-1-2-8-13-11;7-6-4-2-1-3-5-6;;/h4,6-7,11H,1-3,8H2;1-5H,7H2;1H;/q-2;;;+3/p-1. The van der Waals surface area contributed by atoms with E-state index in [0.29, 0.717) is 0 Å². The number of benzene rings is 2. The van der Waals surface area contributed by atoms with Crippen molar-refractivity contribution in [1.82, 2.24) is 0 Å². The molecule has 0 radical (unpaired) electrons. The summed E-state index contributed by atoms with van der Waals surface area (Å²) in [5, 5.41) is 5.71. The fraction of sp³-hybridized carbons (Fsp3) is 0.294. The van der Waals surface area contributed by atoms with Crippen LogP contribution in [0, 0.1) is 11.9 Å². The minimum absolute atomic E-state index is 0.223. The quantitative estimate of drug-likeness (QED) is 0.371. The monoisotopic (exact) mass is 515 g/mol. The van der Waals surface area contributed by atoms with Crippen LogP contribution in [-0.4, -0.2) is 6.54 Å². The molecule has 0 saturated carbocycles. The fourth-order valence-corrected chi connectivity index (χ4v) is 2.34. The van der Waals surface area contributed by atoms with E-state index < -0.39 is 0 Å². The number of rotatable bonds is 1. The Morgan fingerprint density at radius 2 is 1.86 bits per heavy atom. The van der Waals surface area contributed by atoms with Gasteiger partial charge in [-0.3, -0.25) is 4.39 Å². The van der Waals surface area contributed by atoms with Crippen LogP contribution in [0.15, 0.2) is 48.5 Å². The van der Waals surface area contributed by atoms with Crippen LogP contribution < -0.4 is 5.30 Å². The molecular formula is C17H19ClFIrNP. The molecule has 0 spiro atoms. The van der Waals surface area contributed by atoms with Crippen LogP contribution in [0.5, 0.6) is 0 Å². The van der Waals surface area contributed by atoms with Crippen molar-refractivity contribution in [2.75, 3.05) is 6.54 Å². The topological polar surface area (TPSA) is 14.1 Å². The first kappa shape index (κ1) is 19.7. The van der Waals surface area contributed by atoms with E-state index >= 15 is 0 Å². The van der Waals surface area contributed by atoms with E-state index in [9.17, 15) is 4.39 Å². The van der Waals surface area contributed by atoms with E-state index in [1.165, 1.54) is 48.2 Å². The van der Waals surface area contributed by atoms with Crippen LogP contribution >= 0.6 is 18.8 Å². The Morgan fingerprint density at radius 1 is 1.14 bits per heavy atom. The molecule has 0 bridgehead atoms. The molecule has 1 aliphatic rings. The van der Waals surface area contributed by atoms with Crippen molar-refractivity contribution in [2.45, 2.75) is 25.3 Å². The fourth-order valence-electron chi connectivity index (χ4n) is 2.12. The van der Waals surface area contributed by atoms with Gasteiger partial charge in [0.1, 0.15) is 0 Å². The Hall–Kier alpha value is -0.301.